The molecular formula is C16H16FN3. The van der Waals surface area contributed by atoms with Crippen molar-refractivity contribution < 1.29 is 4.39 Å². The van der Waals surface area contributed by atoms with E-state index in [1.54, 1.807) is 6.07 Å². The molecule has 0 aliphatic carbocycles. The minimum atomic E-state index is -0.386. The van der Waals surface area contributed by atoms with Crippen LogP contribution in [0.5, 0.6) is 0 Å². The highest BCUT2D eigenvalue weighted by atomic mass is 19.1. The van der Waals surface area contributed by atoms with Gasteiger partial charge in [-0.05, 0) is 48.9 Å². The van der Waals surface area contributed by atoms with Gasteiger partial charge in [0.15, 0.2) is 0 Å². The summed E-state index contributed by atoms with van der Waals surface area (Å²) in [4.78, 5) is 2.08. The molecule has 0 radical (unpaired) electrons. The first-order valence-corrected chi connectivity index (χ1v) is 6.42. The fourth-order valence-corrected chi connectivity index (χ4v) is 2.13. The van der Waals surface area contributed by atoms with Crippen molar-refractivity contribution >= 4 is 11.4 Å². The SMILES string of the molecule is CCN(Cc1cc(F)cc(C#N)c1)c1cccc(N)c1. The molecule has 2 rings (SSSR count). The number of hydrogen-bond acceptors (Lipinski definition) is 3. The quantitative estimate of drug-likeness (QED) is 0.866. The van der Waals surface area contributed by atoms with Crippen LogP contribution in [0.1, 0.15) is 18.1 Å². The molecule has 2 aromatic rings. The summed E-state index contributed by atoms with van der Waals surface area (Å²) in [5.74, 6) is -0.386. The van der Waals surface area contributed by atoms with Gasteiger partial charge < -0.3 is 10.6 Å². The molecule has 0 saturated heterocycles. The third-order valence-electron chi connectivity index (χ3n) is 3.08. The Morgan fingerprint density at radius 1 is 1.25 bits per heavy atom. The smallest absolute Gasteiger partial charge is 0.124 e. The van der Waals surface area contributed by atoms with Crippen molar-refractivity contribution in [1.82, 2.24) is 0 Å². The van der Waals surface area contributed by atoms with E-state index in [0.717, 1.165) is 17.8 Å². The maximum Gasteiger partial charge on any atom is 0.124 e. The summed E-state index contributed by atoms with van der Waals surface area (Å²) in [6, 6.07) is 13.9. The summed E-state index contributed by atoms with van der Waals surface area (Å²) >= 11 is 0. The predicted octanol–water partition coefficient (Wildman–Crippen LogP) is 3.31. The molecule has 0 atom stereocenters. The summed E-state index contributed by atoms with van der Waals surface area (Å²) in [6.45, 7) is 3.32. The van der Waals surface area contributed by atoms with Crippen molar-refractivity contribution in [2.75, 3.05) is 17.2 Å². The molecule has 0 aliphatic heterocycles. The number of nitrogens with zero attached hydrogens (tertiary/aromatic N) is 2. The zero-order valence-electron chi connectivity index (χ0n) is 11.3. The first-order valence-electron chi connectivity index (χ1n) is 6.42. The lowest BCUT2D eigenvalue weighted by atomic mass is 10.1. The highest BCUT2D eigenvalue weighted by Gasteiger charge is 2.08. The number of benzene rings is 2. The molecule has 0 amide bonds. The third kappa shape index (κ3) is 3.27. The number of hydrogen-bond donors (Lipinski definition) is 1. The summed E-state index contributed by atoms with van der Waals surface area (Å²) in [5.41, 5.74) is 8.56. The van der Waals surface area contributed by atoms with Gasteiger partial charge in [0.05, 0.1) is 11.6 Å². The van der Waals surface area contributed by atoms with Gasteiger partial charge in [0.1, 0.15) is 5.82 Å². The van der Waals surface area contributed by atoms with E-state index in [1.807, 2.05) is 37.3 Å². The van der Waals surface area contributed by atoms with Crippen LogP contribution >= 0.6 is 0 Å². The summed E-state index contributed by atoms with van der Waals surface area (Å²) in [6.07, 6.45) is 0. The van der Waals surface area contributed by atoms with Gasteiger partial charge in [-0.25, -0.2) is 4.39 Å². The molecule has 102 valence electrons. The van der Waals surface area contributed by atoms with Crippen LogP contribution < -0.4 is 10.6 Å². The first-order chi connectivity index (χ1) is 9.62. The molecule has 0 heterocycles. The molecule has 0 aliphatic rings. The highest BCUT2D eigenvalue weighted by molar-refractivity contribution is 5.56. The van der Waals surface area contributed by atoms with E-state index < -0.39 is 0 Å². The van der Waals surface area contributed by atoms with Crippen LogP contribution in [0.2, 0.25) is 0 Å². The van der Waals surface area contributed by atoms with E-state index >= 15 is 0 Å². The topological polar surface area (TPSA) is 53.0 Å². The van der Waals surface area contributed by atoms with E-state index in [-0.39, 0.29) is 5.82 Å². The molecule has 0 aromatic heterocycles. The molecule has 0 spiro atoms. The van der Waals surface area contributed by atoms with Crippen molar-refractivity contribution in [3.63, 3.8) is 0 Å². The second kappa shape index (κ2) is 6.07. The normalized spacial score (nSPS) is 10.1. The number of rotatable bonds is 4. The van der Waals surface area contributed by atoms with Gasteiger partial charge in [-0.3, -0.25) is 0 Å². The number of nitrogen functional groups attached to an aromatic ring is 1. The van der Waals surface area contributed by atoms with Crippen LogP contribution in [0.4, 0.5) is 15.8 Å². The lowest BCUT2D eigenvalue weighted by Gasteiger charge is -2.23. The first kappa shape index (κ1) is 13.9. The van der Waals surface area contributed by atoms with E-state index in [9.17, 15) is 4.39 Å². The average molecular weight is 269 g/mol. The maximum atomic E-state index is 13.4. The molecule has 20 heavy (non-hydrogen) atoms. The van der Waals surface area contributed by atoms with Crippen LogP contribution in [-0.2, 0) is 6.54 Å². The molecular weight excluding hydrogens is 253 g/mol. The molecule has 0 unspecified atom stereocenters. The summed E-state index contributed by atoms with van der Waals surface area (Å²) in [5, 5.41) is 8.88. The van der Waals surface area contributed by atoms with Gasteiger partial charge in [-0.15, -0.1) is 0 Å². The van der Waals surface area contributed by atoms with Gasteiger partial charge >= 0.3 is 0 Å². The maximum absolute atomic E-state index is 13.4. The molecule has 3 nitrogen and oxygen atoms in total. The van der Waals surface area contributed by atoms with Crippen LogP contribution in [0.3, 0.4) is 0 Å². The fourth-order valence-electron chi connectivity index (χ4n) is 2.13. The summed E-state index contributed by atoms with van der Waals surface area (Å²) in [7, 11) is 0. The number of nitriles is 1. The van der Waals surface area contributed by atoms with Crippen molar-refractivity contribution in [2.24, 2.45) is 0 Å². The van der Waals surface area contributed by atoms with Gasteiger partial charge in [0.2, 0.25) is 0 Å². The molecule has 0 bridgehead atoms. The van der Waals surface area contributed by atoms with Crippen LogP contribution in [0.15, 0.2) is 42.5 Å². The average Bonchev–Trinajstić information content (AvgIpc) is 2.44. The Labute approximate surface area is 118 Å². The van der Waals surface area contributed by atoms with E-state index in [4.69, 9.17) is 11.0 Å². The largest absolute Gasteiger partial charge is 0.399 e. The minimum Gasteiger partial charge on any atom is -0.399 e. The van der Waals surface area contributed by atoms with Gasteiger partial charge in [0, 0.05) is 24.5 Å². The summed E-state index contributed by atoms with van der Waals surface area (Å²) < 4.78 is 13.4. The highest BCUT2D eigenvalue weighted by Crippen LogP contribution is 2.20. The van der Waals surface area contributed by atoms with E-state index in [1.165, 1.54) is 12.1 Å². The second-order valence-corrected chi connectivity index (χ2v) is 4.57. The van der Waals surface area contributed by atoms with Crippen molar-refractivity contribution in [1.29, 1.82) is 5.26 Å². The molecule has 0 fully saturated rings. The van der Waals surface area contributed by atoms with Crippen molar-refractivity contribution in [3.8, 4) is 6.07 Å². The minimum absolute atomic E-state index is 0.337. The molecule has 4 heteroatoms. The zero-order chi connectivity index (χ0) is 14.5. The number of anilines is 2. The second-order valence-electron chi connectivity index (χ2n) is 4.57. The van der Waals surface area contributed by atoms with E-state index in [2.05, 4.69) is 4.90 Å². The van der Waals surface area contributed by atoms with Crippen molar-refractivity contribution in [3.05, 3.63) is 59.4 Å². The molecule has 2 aromatic carbocycles. The van der Waals surface area contributed by atoms with Crippen LogP contribution in [0, 0.1) is 17.1 Å². The standard InChI is InChI=1S/C16H16FN3/c1-2-20(16-5-3-4-15(19)9-16)11-13-6-12(10-18)7-14(17)8-13/h3-9H,2,11,19H2,1H3. The van der Waals surface area contributed by atoms with Crippen LogP contribution in [0.25, 0.3) is 0 Å². The molecule has 2 N–H and O–H groups in total. The number of halogens is 1. The Morgan fingerprint density at radius 2 is 2.05 bits per heavy atom. The molecule has 0 saturated carbocycles. The van der Waals surface area contributed by atoms with Crippen molar-refractivity contribution in [2.45, 2.75) is 13.5 Å². The Hall–Kier alpha value is -2.54. The van der Waals surface area contributed by atoms with Gasteiger partial charge in [0.25, 0.3) is 0 Å². The fraction of sp³-hybridized carbons (Fsp3) is 0.188. The van der Waals surface area contributed by atoms with Gasteiger partial charge in [-0.1, -0.05) is 6.07 Å². The Kier molecular flexibility index (Phi) is 4.21. The Morgan fingerprint density at radius 3 is 2.70 bits per heavy atom. The lowest BCUT2D eigenvalue weighted by Crippen LogP contribution is -2.22. The Balaban J connectivity index is 2.27. The monoisotopic (exact) mass is 269 g/mol. The number of nitrogens with two attached hydrogens (primary N) is 1. The third-order valence-corrected chi connectivity index (χ3v) is 3.08. The Bertz CT molecular complexity index is 646. The van der Waals surface area contributed by atoms with Gasteiger partial charge in [-0.2, -0.15) is 5.26 Å². The zero-order valence-corrected chi connectivity index (χ0v) is 11.3. The lowest BCUT2D eigenvalue weighted by molar-refractivity contribution is 0.624. The van der Waals surface area contributed by atoms with E-state index in [0.29, 0.717) is 17.8 Å². The predicted molar refractivity (Wildman–Crippen MR) is 78.7 cm³/mol. The van der Waals surface area contributed by atoms with Crippen LogP contribution in [-0.4, -0.2) is 6.54 Å².